The fourth-order valence-corrected chi connectivity index (χ4v) is 1.31. The standard InChI is InChI=1S/C11H13F3N2O2/c1-2-3-6-15-9-7(10(17)18)4-5-8(16-9)11(12,13)14/h4-5H,2-3,6H2,1H3,(H,15,16)(H,17,18). The minimum Gasteiger partial charge on any atom is -0.478 e. The minimum atomic E-state index is -4.59. The topological polar surface area (TPSA) is 62.2 Å². The first-order valence-corrected chi connectivity index (χ1v) is 5.41. The average molecular weight is 262 g/mol. The summed E-state index contributed by atoms with van der Waals surface area (Å²) in [6, 6.07) is 1.57. The molecule has 0 saturated carbocycles. The predicted molar refractivity (Wildman–Crippen MR) is 59.6 cm³/mol. The molecule has 1 aromatic rings. The normalized spacial score (nSPS) is 11.3. The van der Waals surface area contributed by atoms with E-state index in [-0.39, 0.29) is 11.4 Å². The van der Waals surface area contributed by atoms with E-state index in [0.717, 1.165) is 18.9 Å². The number of anilines is 1. The van der Waals surface area contributed by atoms with E-state index in [1.165, 1.54) is 0 Å². The number of unbranched alkanes of at least 4 members (excludes halogenated alkanes) is 1. The lowest BCUT2D eigenvalue weighted by molar-refractivity contribution is -0.141. The summed E-state index contributed by atoms with van der Waals surface area (Å²) in [6.45, 7) is 2.30. The van der Waals surface area contributed by atoms with E-state index in [1.807, 2.05) is 6.92 Å². The van der Waals surface area contributed by atoms with Gasteiger partial charge in [-0.25, -0.2) is 9.78 Å². The third-order valence-electron chi connectivity index (χ3n) is 2.24. The van der Waals surface area contributed by atoms with Crippen LogP contribution in [-0.4, -0.2) is 22.6 Å². The van der Waals surface area contributed by atoms with Gasteiger partial charge >= 0.3 is 12.1 Å². The molecule has 0 saturated heterocycles. The molecule has 7 heteroatoms. The van der Waals surface area contributed by atoms with Crippen molar-refractivity contribution in [3.05, 3.63) is 23.4 Å². The van der Waals surface area contributed by atoms with Crippen LogP contribution in [0.15, 0.2) is 12.1 Å². The molecule has 0 aliphatic heterocycles. The Kier molecular flexibility index (Phi) is 4.52. The van der Waals surface area contributed by atoms with Crippen LogP contribution in [0, 0.1) is 0 Å². The van der Waals surface area contributed by atoms with Crippen molar-refractivity contribution >= 4 is 11.8 Å². The Labute approximate surface area is 102 Å². The van der Waals surface area contributed by atoms with Crippen molar-refractivity contribution in [1.82, 2.24) is 4.98 Å². The van der Waals surface area contributed by atoms with E-state index in [0.29, 0.717) is 12.6 Å². The molecule has 0 fully saturated rings. The zero-order valence-electron chi connectivity index (χ0n) is 9.71. The Balaban J connectivity index is 3.04. The molecule has 1 heterocycles. The second-order valence-corrected chi connectivity index (χ2v) is 3.68. The first-order chi connectivity index (χ1) is 8.36. The molecular formula is C11H13F3N2O2. The van der Waals surface area contributed by atoms with Gasteiger partial charge in [-0.1, -0.05) is 13.3 Å². The van der Waals surface area contributed by atoms with Crippen molar-refractivity contribution in [2.75, 3.05) is 11.9 Å². The van der Waals surface area contributed by atoms with Gasteiger partial charge in [-0.05, 0) is 18.6 Å². The van der Waals surface area contributed by atoms with Gasteiger partial charge in [0.2, 0.25) is 0 Å². The number of pyridine rings is 1. The predicted octanol–water partition coefficient (Wildman–Crippen LogP) is 3.01. The van der Waals surface area contributed by atoms with Crippen LogP contribution in [0.1, 0.15) is 35.8 Å². The molecular weight excluding hydrogens is 249 g/mol. The van der Waals surface area contributed by atoms with Crippen LogP contribution >= 0.6 is 0 Å². The number of hydrogen-bond acceptors (Lipinski definition) is 3. The van der Waals surface area contributed by atoms with Gasteiger partial charge in [0.05, 0.1) is 0 Å². The molecule has 2 N–H and O–H groups in total. The molecule has 0 aliphatic carbocycles. The lowest BCUT2D eigenvalue weighted by Gasteiger charge is -2.11. The number of hydrogen-bond donors (Lipinski definition) is 2. The molecule has 0 aromatic carbocycles. The quantitative estimate of drug-likeness (QED) is 0.801. The molecule has 0 radical (unpaired) electrons. The fourth-order valence-electron chi connectivity index (χ4n) is 1.31. The molecule has 1 rings (SSSR count). The number of carboxylic acids is 1. The highest BCUT2D eigenvalue weighted by Gasteiger charge is 2.33. The highest BCUT2D eigenvalue weighted by molar-refractivity contribution is 5.93. The van der Waals surface area contributed by atoms with Crippen LogP contribution in [0.4, 0.5) is 19.0 Å². The molecule has 4 nitrogen and oxygen atoms in total. The van der Waals surface area contributed by atoms with Crippen LogP contribution in [-0.2, 0) is 6.18 Å². The maximum atomic E-state index is 12.5. The van der Waals surface area contributed by atoms with Gasteiger partial charge in [-0.15, -0.1) is 0 Å². The average Bonchev–Trinajstić information content (AvgIpc) is 2.27. The number of rotatable bonds is 5. The Morgan fingerprint density at radius 1 is 1.44 bits per heavy atom. The van der Waals surface area contributed by atoms with E-state index < -0.39 is 17.8 Å². The Hall–Kier alpha value is -1.79. The monoisotopic (exact) mass is 262 g/mol. The van der Waals surface area contributed by atoms with E-state index in [9.17, 15) is 18.0 Å². The Morgan fingerprint density at radius 2 is 2.11 bits per heavy atom. The number of alkyl halides is 3. The van der Waals surface area contributed by atoms with Gasteiger partial charge in [0, 0.05) is 6.54 Å². The summed E-state index contributed by atoms with van der Waals surface area (Å²) >= 11 is 0. The van der Waals surface area contributed by atoms with Crippen LogP contribution in [0.25, 0.3) is 0 Å². The summed E-state index contributed by atoms with van der Waals surface area (Å²) in [5.74, 6) is -1.55. The number of nitrogens with zero attached hydrogens (tertiary/aromatic N) is 1. The lowest BCUT2D eigenvalue weighted by Crippen LogP contribution is -2.14. The second kappa shape index (κ2) is 5.70. The Bertz CT molecular complexity index is 433. The SMILES string of the molecule is CCCCNc1nc(C(F)(F)F)ccc1C(=O)O. The van der Waals surface area contributed by atoms with Gasteiger partial charge in [0.25, 0.3) is 0 Å². The summed E-state index contributed by atoms with van der Waals surface area (Å²) in [4.78, 5) is 14.2. The third kappa shape index (κ3) is 3.61. The van der Waals surface area contributed by atoms with Gasteiger partial charge in [-0.2, -0.15) is 13.2 Å². The number of carbonyl (C=O) groups is 1. The number of aromatic carboxylic acids is 1. The summed E-state index contributed by atoms with van der Waals surface area (Å²) in [5.41, 5.74) is -1.37. The maximum absolute atomic E-state index is 12.5. The lowest BCUT2D eigenvalue weighted by atomic mass is 10.2. The van der Waals surface area contributed by atoms with E-state index in [1.54, 1.807) is 0 Å². The number of carboxylic acid groups (broad SMARTS) is 1. The van der Waals surface area contributed by atoms with Crippen molar-refractivity contribution < 1.29 is 23.1 Å². The molecule has 0 unspecified atom stereocenters. The van der Waals surface area contributed by atoms with Crippen molar-refractivity contribution in [2.45, 2.75) is 25.9 Å². The first kappa shape index (κ1) is 14.3. The molecule has 1 aromatic heterocycles. The van der Waals surface area contributed by atoms with Crippen LogP contribution in [0.2, 0.25) is 0 Å². The molecule has 0 atom stereocenters. The molecule has 0 bridgehead atoms. The van der Waals surface area contributed by atoms with Gasteiger partial charge < -0.3 is 10.4 Å². The highest BCUT2D eigenvalue weighted by Crippen LogP contribution is 2.29. The molecule has 0 aliphatic rings. The van der Waals surface area contributed by atoms with Crippen LogP contribution in [0.3, 0.4) is 0 Å². The number of nitrogens with one attached hydrogen (secondary N) is 1. The van der Waals surface area contributed by atoms with Crippen molar-refractivity contribution in [2.24, 2.45) is 0 Å². The smallest absolute Gasteiger partial charge is 0.433 e. The number of halogens is 3. The molecule has 0 amide bonds. The van der Waals surface area contributed by atoms with E-state index >= 15 is 0 Å². The van der Waals surface area contributed by atoms with Crippen molar-refractivity contribution in [3.8, 4) is 0 Å². The van der Waals surface area contributed by atoms with Crippen molar-refractivity contribution in [1.29, 1.82) is 0 Å². The second-order valence-electron chi connectivity index (χ2n) is 3.68. The summed E-state index contributed by atoms with van der Waals surface area (Å²) in [5, 5.41) is 11.5. The van der Waals surface area contributed by atoms with Crippen LogP contribution < -0.4 is 5.32 Å². The minimum absolute atomic E-state index is 0.245. The summed E-state index contributed by atoms with van der Waals surface area (Å²) < 4.78 is 37.4. The van der Waals surface area contributed by atoms with Crippen LogP contribution in [0.5, 0.6) is 0 Å². The summed E-state index contributed by atoms with van der Waals surface area (Å²) in [7, 11) is 0. The van der Waals surface area contributed by atoms with Gasteiger partial charge in [0.1, 0.15) is 17.1 Å². The summed E-state index contributed by atoms with van der Waals surface area (Å²) in [6.07, 6.45) is -3.02. The highest BCUT2D eigenvalue weighted by atomic mass is 19.4. The van der Waals surface area contributed by atoms with E-state index in [4.69, 9.17) is 5.11 Å². The molecule has 0 spiro atoms. The third-order valence-corrected chi connectivity index (χ3v) is 2.24. The fraction of sp³-hybridized carbons (Fsp3) is 0.455. The largest absolute Gasteiger partial charge is 0.478 e. The maximum Gasteiger partial charge on any atom is 0.433 e. The molecule has 18 heavy (non-hydrogen) atoms. The zero-order chi connectivity index (χ0) is 13.8. The van der Waals surface area contributed by atoms with Gasteiger partial charge in [0.15, 0.2) is 0 Å². The van der Waals surface area contributed by atoms with Gasteiger partial charge in [-0.3, -0.25) is 0 Å². The zero-order valence-corrected chi connectivity index (χ0v) is 9.71. The van der Waals surface area contributed by atoms with E-state index in [2.05, 4.69) is 10.3 Å². The number of aromatic nitrogens is 1. The first-order valence-electron chi connectivity index (χ1n) is 5.41. The molecule has 100 valence electrons. The Morgan fingerprint density at radius 3 is 2.61 bits per heavy atom. The van der Waals surface area contributed by atoms with Crippen molar-refractivity contribution in [3.63, 3.8) is 0 Å².